The first-order chi connectivity index (χ1) is 7.89. The van der Waals surface area contributed by atoms with Crippen molar-refractivity contribution in [1.29, 1.82) is 0 Å². The van der Waals surface area contributed by atoms with Crippen LogP contribution in [-0.2, 0) is 4.74 Å². The Morgan fingerprint density at radius 2 is 2.12 bits per heavy atom. The van der Waals surface area contributed by atoms with Crippen LogP contribution < -0.4 is 10.1 Å². The van der Waals surface area contributed by atoms with E-state index in [0.29, 0.717) is 5.92 Å². The van der Waals surface area contributed by atoms with Gasteiger partial charge in [-0.05, 0) is 12.3 Å². The first kappa shape index (κ1) is 8.65. The molecule has 3 heterocycles. The number of hydrogen-bond donors (Lipinski definition) is 1. The fraction of sp³-hybridized carbons (Fsp3) is 0.385. The molecule has 2 unspecified atom stereocenters. The number of fused-ring (bicyclic) bond motifs is 4. The zero-order valence-corrected chi connectivity index (χ0v) is 8.85. The summed E-state index contributed by atoms with van der Waals surface area (Å²) in [5.41, 5.74) is 1.30. The Bertz CT molecular complexity index is 465. The first-order valence-corrected chi connectivity index (χ1v) is 5.67. The van der Waals surface area contributed by atoms with Gasteiger partial charge < -0.3 is 14.8 Å². The van der Waals surface area contributed by atoms with Crippen molar-refractivity contribution in [1.82, 2.24) is 5.32 Å². The zero-order chi connectivity index (χ0) is 10.6. The highest BCUT2D eigenvalue weighted by molar-refractivity contribution is 5.46. The van der Waals surface area contributed by atoms with Gasteiger partial charge in [0.25, 0.3) is 0 Å². The summed E-state index contributed by atoms with van der Waals surface area (Å²) in [5.74, 6) is 1.40. The van der Waals surface area contributed by atoms with Gasteiger partial charge in [-0.25, -0.2) is 0 Å². The largest absolute Gasteiger partial charge is 0.487 e. The van der Waals surface area contributed by atoms with Crippen molar-refractivity contribution in [3.8, 4) is 5.75 Å². The van der Waals surface area contributed by atoms with Crippen molar-refractivity contribution in [2.75, 3.05) is 13.2 Å². The molecule has 4 rings (SSSR count). The van der Waals surface area contributed by atoms with Gasteiger partial charge in [-0.3, -0.25) is 0 Å². The molecule has 0 aliphatic carbocycles. The summed E-state index contributed by atoms with van der Waals surface area (Å²) in [7, 11) is 0. The molecule has 0 radical (unpaired) electrons. The summed E-state index contributed by atoms with van der Waals surface area (Å²) in [6.45, 7) is 1.49. The Morgan fingerprint density at radius 1 is 1.25 bits per heavy atom. The van der Waals surface area contributed by atoms with Crippen LogP contribution in [0.4, 0.5) is 0 Å². The lowest BCUT2D eigenvalue weighted by molar-refractivity contribution is -0.119. The molecule has 16 heavy (non-hydrogen) atoms. The minimum atomic E-state index is -0.00155. The topological polar surface area (TPSA) is 30.5 Å². The van der Waals surface area contributed by atoms with E-state index in [-0.39, 0.29) is 11.6 Å². The van der Waals surface area contributed by atoms with Crippen LogP contribution in [0.5, 0.6) is 5.75 Å². The van der Waals surface area contributed by atoms with Crippen LogP contribution in [0.3, 0.4) is 0 Å². The van der Waals surface area contributed by atoms with Gasteiger partial charge >= 0.3 is 0 Å². The molecular weight excluding hydrogens is 202 g/mol. The molecule has 0 amide bonds. The molecule has 0 aromatic heterocycles. The van der Waals surface area contributed by atoms with Crippen LogP contribution in [0.1, 0.15) is 11.5 Å². The molecule has 1 saturated heterocycles. The van der Waals surface area contributed by atoms with Crippen molar-refractivity contribution in [2.45, 2.75) is 17.6 Å². The van der Waals surface area contributed by atoms with Crippen molar-refractivity contribution >= 4 is 0 Å². The highest BCUT2D eigenvalue weighted by Crippen LogP contribution is 2.46. The quantitative estimate of drug-likeness (QED) is 0.710. The Labute approximate surface area is 94.1 Å². The second-order valence-electron chi connectivity index (χ2n) is 4.75. The van der Waals surface area contributed by atoms with Gasteiger partial charge in [0, 0.05) is 11.5 Å². The highest BCUT2D eigenvalue weighted by atomic mass is 16.5. The summed E-state index contributed by atoms with van der Waals surface area (Å²) < 4.78 is 11.4. The van der Waals surface area contributed by atoms with Crippen LogP contribution in [-0.4, -0.2) is 24.9 Å². The number of benzene rings is 1. The monoisotopic (exact) mass is 215 g/mol. The predicted octanol–water partition coefficient (Wildman–Crippen LogP) is 1.42. The maximum absolute atomic E-state index is 6.07. The van der Waals surface area contributed by atoms with Crippen LogP contribution in [0.2, 0.25) is 0 Å². The summed E-state index contributed by atoms with van der Waals surface area (Å²) >= 11 is 0. The van der Waals surface area contributed by atoms with E-state index in [0.717, 1.165) is 19.0 Å². The molecular formula is C13H13NO2. The van der Waals surface area contributed by atoms with Crippen LogP contribution in [0.15, 0.2) is 36.5 Å². The molecule has 3 nitrogen and oxygen atoms in total. The van der Waals surface area contributed by atoms with E-state index in [1.165, 1.54) is 5.56 Å². The normalized spacial score (nSPS) is 32.2. The average Bonchev–Trinajstić information content (AvgIpc) is 2.65. The third-order valence-electron chi connectivity index (χ3n) is 3.80. The Balaban J connectivity index is 1.81. The van der Waals surface area contributed by atoms with Crippen LogP contribution >= 0.6 is 0 Å². The van der Waals surface area contributed by atoms with Gasteiger partial charge in [-0.1, -0.05) is 24.3 Å². The zero-order valence-electron chi connectivity index (χ0n) is 8.85. The van der Waals surface area contributed by atoms with Gasteiger partial charge in [-0.15, -0.1) is 0 Å². The molecule has 0 saturated carbocycles. The van der Waals surface area contributed by atoms with Gasteiger partial charge in [0.15, 0.2) is 0 Å². The molecule has 3 aliphatic rings. The van der Waals surface area contributed by atoms with E-state index < -0.39 is 0 Å². The lowest BCUT2D eigenvalue weighted by Gasteiger charge is -2.48. The lowest BCUT2D eigenvalue weighted by atomic mass is 9.78. The Morgan fingerprint density at radius 3 is 2.94 bits per heavy atom. The number of para-hydroxylation sites is 1. The standard InChI is InChI=1S/C13H13NO2/c1-2-4-11-9(3-1)10-5-6-14-13(7-15-8-13)12(10)16-11/h1-6,10,12,14H,7-8H2. The van der Waals surface area contributed by atoms with E-state index in [2.05, 4.69) is 35.8 Å². The number of rotatable bonds is 0. The second-order valence-corrected chi connectivity index (χ2v) is 4.75. The minimum Gasteiger partial charge on any atom is -0.487 e. The SMILES string of the molecule is C1=CC2c3ccccc3OC2C2(COC2)N1. The van der Waals surface area contributed by atoms with E-state index in [1.54, 1.807) is 0 Å². The van der Waals surface area contributed by atoms with Gasteiger partial charge in [0.2, 0.25) is 0 Å². The summed E-state index contributed by atoms with van der Waals surface area (Å²) in [5, 5.41) is 3.41. The fourth-order valence-electron chi connectivity index (χ4n) is 2.87. The molecule has 3 aliphatic heterocycles. The Kier molecular flexibility index (Phi) is 1.51. The van der Waals surface area contributed by atoms with Gasteiger partial charge in [0.05, 0.1) is 13.2 Å². The van der Waals surface area contributed by atoms with Crippen molar-refractivity contribution < 1.29 is 9.47 Å². The summed E-state index contributed by atoms with van der Waals surface area (Å²) in [4.78, 5) is 0. The third-order valence-corrected chi connectivity index (χ3v) is 3.80. The lowest BCUT2D eigenvalue weighted by Crippen LogP contribution is -2.69. The van der Waals surface area contributed by atoms with Gasteiger partial charge in [0.1, 0.15) is 17.4 Å². The smallest absolute Gasteiger partial charge is 0.137 e. The van der Waals surface area contributed by atoms with Crippen LogP contribution in [0.25, 0.3) is 0 Å². The van der Waals surface area contributed by atoms with Crippen molar-refractivity contribution in [2.24, 2.45) is 0 Å². The fourth-order valence-corrected chi connectivity index (χ4v) is 2.87. The average molecular weight is 215 g/mol. The minimum absolute atomic E-state index is 0.00155. The van der Waals surface area contributed by atoms with E-state index in [4.69, 9.17) is 9.47 Å². The van der Waals surface area contributed by atoms with E-state index >= 15 is 0 Å². The van der Waals surface area contributed by atoms with Gasteiger partial charge in [-0.2, -0.15) is 0 Å². The molecule has 82 valence electrons. The maximum Gasteiger partial charge on any atom is 0.137 e. The van der Waals surface area contributed by atoms with E-state index in [9.17, 15) is 0 Å². The molecule has 1 aromatic carbocycles. The number of ether oxygens (including phenoxy) is 2. The molecule has 1 aromatic rings. The molecule has 1 fully saturated rings. The molecule has 1 N–H and O–H groups in total. The van der Waals surface area contributed by atoms with Crippen molar-refractivity contribution in [3.05, 3.63) is 42.1 Å². The summed E-state index contributed by atoms with van der Waals surface area (Å²) in [6, 6.07) is 8.30. The molecule has 3 heteroatoms. The third kappa shape index (κ3) is 0.919. The second kappa shape index (κ2) is 2.80. The summed E-state index contributed by atoms with van der Waals surface area (Å²) in [6.07, 6.45) is 4.43. The number of nitrogens with one attached hydrogen (secondary N) is 1. The molecule has 0 bridgehead atoms. The Hall–Kier alpha value is -1.48. The molecule has 1 spiro atoms. The predicted molar refractivity (Wildman–Crippen MR) is 59.4 cm³/mol. The highest BCUT2D eigenvalue weighted by Gasteiger charge is 2.54. The molecule has 2 atom stereocenters. The van der Waals surface area contributed by atoms with E-state index in [1.807, 2.05) is 6.07 Å². The first-order valence-electron chi connectivity index (χ1n) is 5.67. The maximum atomic E-state index is 6.07. The number of hydrogen-bond acceptors (Lipinski definition) is 3. The van der Waals surface area contributed by atoms with Crippen molar-refractivity contribution in [3.63, 3.8) is 0 Å². The van der Waals surface area contributed by atoms with Crippen LogP contribution in [0, 0.1) is 0 Å².